The Kier molecular flexibility index (Phi) is 4.12. The van der Waals surface area contributed by atoms with Gasteiger partial charge in [-0.25, -0.2) is 4.79 Å². The first kappa shape index (κ1) is 15.2. The molecule has 1 aromatic heterocycles. The van der Waals surface area contributed by atoms with Crippen LogP contribution in [0.5, 0.6) is 0 Å². The van der Waals surface area contributed by atoms with Crippen molar-refractivity contribution in [1.29, 1.82) is 0 Å². The standard InChI is InChI=1S/C16H14N2O4S/c1-10(22-16(21)11-6-7-23-9-11)15(20)18-8-14(19)17-12-4-2-3-5-13(12)18/h2-7,9-10H,8H2,1H3,(H,17,19)/t10-/m0/s1. The highest BCUT2D eigenvalue weighted by molar-refractivity contribution is 7.08. The molecule has 1 aromatic carbocycles. The number of benzene rings is 1. The molecule has 23 heavy (non-hydrogen) atoms. The largest absolute Gasteiger partial charge is 0.449 e. The van der Waals surface area contributed by atoms with Gasteiger partial charge >= 0.3 is 5.97 Å². The average molecular weight is 330 g/mol. The van der Waals surface area contributed by atoms with E-state index in [0.717, 1.165) is 0 Å². The summed E-state index contributed by atoms with van der Waals surface area (Å²) < 4.78 is 5.20. The van der Waals surface area contributed by atoms with E-state index in [2.05, 4.69) is 5.32 Å². The Hall–Kier alpha value is -2.67. The second-order valence-corrected chi connectivity index (χ2v) is 5.83. The van der Waals surface area contributed by atoms with Crippen molar-refractivity contribution in [2.45, 2.75) is 13.0 Å². The molecule has 1 aliphatic rings. The number of rotatable bonds is 3. The molecular formula is C16H14N2O4S. The number of ether oxygens (including phenoxy) is 1. The Bertz CT molecular complexity index is 757. The molecule has 2 amide bonds. The maximum atomic E-state index is 12.6. The van der Waals surface area contributed by atoms with Crippen LogP contribution in [0, 0.1) is 0 Å². The first-order chi connectivity index (χ1) is 11.1. The monoisotopic (exact) mass is 330 g/mol. The predicted molar refractivity (Wildman–Crippen MR) is 86.6 cm³/mol. The van der Waals surface area contributed by atoms with Crippen LogP contribution in [0.3, 0.4) is 0 Å². The molecule has 0 spiro atoms. The van der Waals surface area contributed by atoms with Crippen molar-refractivity contribution in [3.8, 4) is 0 Å². The first-order valence-electron chi connectivity index (χ1n) is 6.99. The molecule has 1 atom stereocenters. The van der Waals surface area contributed by atoms with E-state index in [0.29, 0.717) is 16.9 Å². The van der Waals surface area contributed by atoms with Gasteiger partial charge in [-0.05, 0) is 30.5 Å². The molecule has 7 heteroatoms. The number of nitrogens with zero attached hydrogens (tertiary/aromatic N) is 1. The van der Waals surface area contributed by atoms with Gasteiger partial charge in [0.25, 0.3) is 5.91 Å². The number of hydrogen-bond acceptors (Lipinski definition) is 5. The van der Waals surface area contributed by atoms with E-state index >= 15 is 0 Å². The molecule has 118 valence electrons. The number of amides is 2. The Labute approximate surface area is 136 Å². The normalized spacial score (nSPS) is 14.7. The van der Waals surface area contributed by atoms with Crippen LogP contribution in [0.15, 0.2) is 41.1 Å². The molecule has 0 unspecified atom stereocenters. The zero-order valence-electron chi connectivity index (χ0n) is 12.3. The smallest absolute Gasteiger partial charge is 0.339 e. The molecule has 6 nitrogen and oxygen atoms in total. The van der Waals surface area contributed by atoms with Gasteiger partial charge < -0.3 is 10.1 Å². The van der Waals surface area contributed by atoms with Crippen molar-refractivity contribution < 1.29 is 19.1 Å². The fraction of sp³-hybridized carbons (Fsp3) is 0.188. The van der Waals surface area contributed by atoms with Gasteiger partial charge in [-0.1, -0.05) is 12.1 Å². The van der Waals surface area contributed by atoms with Gasteiger partial charge in [0.15, 0.2) is 6.10 Å². The van der Waals surface area contributed by atoms with Crippen molar-refractivity contribution in [3.05, 3.63) is 46.7 Å². The molecule has 1 N–H and O–H groups in total. The number of carbonyl (C=O) groups excluding carboxylic acids is 3. The number of fused-ring (bicyclic) bond motifs is 1. The molecule has 0 saturated carbocycles. The Morgan fingerprint density at radius 3 is 2.83 bits per heavy atom. The molecule has 3 rings (SSSR count). The summed E-state index contributed by atoms with van der Waals surface area (Å²) in [5, 5.41) is 6.12. The van der Waals surface area contributed by atoms with Crippen LogP contribution in [-0.4, -0.2) is 30.4 Å². The van der Waals surface area contributed by atoms with Gasteiger partial charge in [0, 0.05) is 5.38 Å². The topological polar surface area (TPSA) is 75.7 Å². The number of thiophene rings is 1. The predicted octanol–water partition coefficient (Wildman–Crippen LogP) is 2.28. The van der Waals surface area contributed by atoms with Gasteiger partial charge in [-0.15, -0.1) is 0 Å². The lowest BCUT2D eigenvalue weighted by molar-refractivity contribution is -0.128. The summed E-state index contributed by atoms with van der Waals surface area (Å²) in [6.45, 7) is 1.40. The summed E-state index contributed by atoms with van der Waals surface area (Å²) in [4.78, 5) is 37.6. The Balaban J connectivity index is 1.77. The van der Waals surface area contributed by atoms with Gasteiger partial charge in [0.2, 0.25) is 5.91 Å². The van der Waals surface area contributed by atoms with E-state index in [1.807, 2.05) is 0 Å². The molecule has 1 aliphatic heterocycles. The van der Waals surface area contributed by atoms with Crippen LogP contribution in [-0.2, 0) is 14.3 Å². The molecule has 0 radical (unpaired) electrons. The SMILES string of the molecule is C[C@H](OC(=O)c1ccsc1)C(=O)N1CC(=O)Nc2ccccc21. The quantitative estimate of drug-likeness (QED) is 0.876. The summed E-state index contributed by atoms with van der Waals surface area (Å²) in [5.41, 5.74) is 1.57. The highest BCUT2D eigenvalue weighted by Crippen LogP contribution is 2.29. The zero-order valence-corrected chi connectivity index (χ0v) is 13.1. The maximum absolute atomic E-state index is 12.6. The van der Waals surface area contributed by atoms with E-state index in [4.69, 9.17) is 4.74 Å². The summed E-state index contributed by atoms with van der Waals surface area (Å²) >= 11 is 1.37. The van der Waals surface area contributed by atoms with E-state index in [9.17, 15) is 14.4 Å². The minimum absolute atomic E-state index is 0.101. The van der Waals surface area contributed by atoms with Gasteiger partial charge in [0.1, 0.15) is 6.54 Å². The fourth-order valence-electron chi connectivity index (χ4n) is 2.31. The third-order valence-corrected chi connectivity index (χ3v) is 4.11. The van der Waals surface area contributed by atoms with Crippen LogP contribution in [0.1, 0.15) is 17.3 Å². The van der Waals surface area contributed by atoms with Crippen LogP contribution in [0.25, 0.3) is 0 Å². The number of hydrogen-bond donors (Lipinski definition) is 1. The van der Waals surface area contributed by atoms with Crippen molar-refractivity contribution in [2.75, 3.05) is 16.8 Å². The van der Waals surface area contributed by atoms with Gasteiger partial charge in [-0.3, -0.25) is 14.5 Å². The molecule has 0 fully saturated rings. The fourth-order valence-corrected chi connectivity index (χ4v) is 2.93. The lowest BCUT2D eigenvalue weighted by Gasteiger charge is -2.30. The number of para-hydroxylation sites is 2. The summed E-state index contributed by atoms with van der Waals surface area (Å²) in [5.74, 6) is -1.27. The van der Waals surface area contributed by atoms with Crippen molar-refractivity contribution in [3.63, 3.8) is 0 Å². The summed E-state index contributed by atoms with van der Waals surface area (Å²) in [6.07, 6.45) is -0.985. The third-order valence-electron chi connectivity index (χ3n) is 3.43. The number of carbonyl (C=O) groups is 3. The van der Waals surface area contributed by atoms with Crippen LogP contribution < -0.4 is 10.2 Å². The summed E-state index contributed by atoms with van der Waals surface area (Å²) in [6, 6.07) is 8.63. The Morgan fingerprint density at radius 2 is 2.09 bits per heavy atom. The highest BCUT2D eigenvalue weighted by Gasteiger charge is 2.31. The molecule has 2 aromatic rings. The van der Waals surface area contributed by atoms with Crippen molar-refractivity contribution >= 4 is 40.5 Å². The van der Waals surface area contributed by atoms with E-state index in [1.54, 1.807) is 41.1 Å². The molecule has 0 aliphatic carbocycles. The van der Waals surface area contributed by atoms with Gasteiger partial charge in [-0.2, -0.15) is 11.3 Å². The molecule has 0 bridgehead atoms. The molecule has 2 heterocycles. The average Bonchev–Trinajstić information content (AvgIpc) is 3.07. The van der Waals surface area contributed by atoms with Crippen LogP contribution in [0.4, 0.5) is 11.4 Å². The maximum Gasteiger partial charge on any atom is 0.339 e. The number of anilines is 2. The van der Waals surface area contributed by atoms with Crippen LogP contribution >= 0.6 is 11.3 Å². The van der Waals surface area contributed by atoms with Gasteiger partial charge in [0.05, 0.1) is 16.9 Å². The number of esters is 1. The van der Waals surface area contributed by atoms with Crippen LogP contribution in [0.2, 0.25) is 0 Å². The molecular weight excluding hydrogens is 316 g/mol. The van der Waals surface area contributed by atoms with Crippen molar-refractivity contribution in [2.24, 2.45) is 0 Å². The second-order valence-electron chi connectivity index (χ2n) is 5.05. The first-order valence-corrected chi connectivity index (χ1v) is 7.94. The van der Waals surface area contributed by atoms with E-state index in [-0.39, 0.29) is 12.5 Å². The zero-order chi connectivity index (χ0) is 16.4. The lowest BCUT2D eigenvalue weighted by atomic mass is 10.1. The third kappa shape index (κ3) is 3.09. The minimum atomic E-state index is -0.985. The lowest BCUT2D eigenvalue weighted by Crippen LogP contribution is -2.47. The van der Waals surface area contributed by atoms with E-state index in [1.165, 1.54) is 23.2 Å². The minimum Gasteiger partial charge on any atom is -0.449 e. The Morgan fingerprint density at radius 1 is 1.30 bits per heavy atom. The van der Waals surface area contributed by atoms with Crippen molar-refractivity contribution in [1.82, 2.24) is 0 Å². The summed E-state index contributed by atoms with van der Waals surface area (Å²) in [7, 11) is 0. The second kappa shape index (κ2) is 6.21. The molecule has 0 saturated heterocycles. The number of nitrogens with one attached hydrogen (secondary N) is 1. The highest BCUT2D eigenvalue weighted by atomic mass is 32.1. The van der Waals surface area contributed by atoms with E-state index < -0.39 is 18.0 Å².